The first kappa shape index (κ1) is 30.7. The molecule has 2 atom stereocenters. The Morgan fingerprint density at radius 3 is 2.33 bits per heavy atom. The number of amides is 1. The molecule has 1 aliphatic heterocycles. The Morgan fingerprint density at radius 1 is 1.00 bits per heavy atom. The number of piperidine rings is 1. The van der Waals surface area contributed by atoms with E-state index < -0.39 is 5.54 Å². The fourth-order valence-corrected chi connectivity index (χ4v) is 5.12. The van der Waals surface area contributed by atoms with E-state index in [1.807, 2.05) is 26.8 Å². The number of benzene rings is 2. The van der Waals surface area contributed by atoms with Gasteiger partial charge in [-0.1, -0.05) is 32.0 Å². The van der Waals surface area contributed by atoms with Gasteiger partial charge in [0.1, 0.15) is 11.6 Å². The van der Waals surface area contributed by atoms with Crippen LogP contribution < -0.4 is 10.2 Å². The minimum Gasteiger partial charge on any atom is -0.385 e. The van der Waals surface area contributed by atoms with Gasteiger partial charge in [0.15, 0.2) is 0 Å². The maximum atomic E-state index is 13.4. The van der Waals surface area contributed by atoms with Crippen LogP contribution in [0.4, 0.5) is 5.69 Å². The Morgan fingerprint density at radius 2 is 1.69 bits per heavy atom. The minimum atomic E-state index is -0.483. The highest BCUT2D eigenvalue weighted by molar-refractivity contribution is 6.05. The zero-order valence-electron chi connectivity index (χ0n) is 24.9. The molecule has 1 amide bonds. The maximum Gasteiger partial charge on any atom is 0.262 e. The van der Waals surface area contributed by atoms with Crippen LogP contribution in [0.3, 0.4) is 0 Å². The van der Waals surface area contributed by atoms with Crippen molar-refractivity contribution in [3.8, 4) is 6.07 Å². The zero-order chi connectivity index (χ0) is 28.5. The summed E-state index contributed by atoms with van der Waals surface area (Å²) in [6.45, 7) is 13.5. The fourth-order valence-electron chi connectivity index (χ4n) is 5.12. The number of rotatable bonds is 13. The number of carbonyl (C=O) groups excluding carboxylic acids is 1. The number of nitriles is 1. The number of allylic oxidation sites excluding steroid dienone is 1. The first-order valence-corrected chi connectivity index (χ1v) is 14.5. The van der Waals surface area contributed by atoms with E-state index in [0.29, 0.717) is 25.2 Å². The highest BCUT2D eigenvalue weighted by atomic mass is 16.5. The van der Waals surface area contributed by atoms with Crippen molar-refractivity contribution < 1.29 is 14.3 Å². The van der Waals surface area contributed by atoms with Gasteiger partial charge < -0.3 is 19.7 Å². The SMILES string of the molecule is CCC(C)(CCOC(C)(CC)CCOC)NC(=O)C(C#N)=C(C)c1ccc2cc(N3CCCCC3)ccc2c1. The second-order valence-corrected chi connectivity index (χ2v) is 11.4. The summed E-state index contributed by atoms with van der Waals surface area (Å²) in [4.78, 5) is 15.8. The number of anilines is 1. The molecule has 2 aromatic carbocycles. The largest absolute Gasteiger partial charge is 0.385 e. The Balaban J connectivity index is 1.73. The molecule has 0 radical (unpaired) electrons. The molecule has 39 heavy (non-hydrogen) atoms. The Hall–Kier alpha value is -2.88. The lowest BCUT2D eigenvalue weighted by Gasteiger charge is -2.33. The van der Waals surface area contributed by atoms with E-state index in [-0.39, 0.29) is 17.1 Å². The lowest BCUT2D eigenvalue weighted by molar-refractivity contribution is -0.119. The van der Waals surface area contributed by atoms with Crippen molar-refractivity contribution in [3.05, 3.63) is 47.5 Å². The topological polar surface area (TPSA) is 74.6 Å². The molecule has 0 aromatic heterocycles. The summed E-state index contributed by atoms with van der Waals surface area (Å²) in [5, 5.41) is 15.4. The fraction of sp³-hybridized carbons (Fsp3) is 0.576. The summed E-state index contributed by atoms with van der Waals surface area (Å²) < 4.78 is 11.5. The third-order valence-electron chi connectivity index (χ3n) is 8.57. The number of hydrogen-bond acceptors (Lipinski definition) is 5. The molecule has 2 unspecified atom stereocenters. The average Bonchev–Trinajstić information content (AvgIpc) is 2.96. The number of nitrogens with one attached hydrogen (secondary N) is 1. The molecule has 2 aromatic rings. The lowest BCUT2D eigenvalue weighted by Crippen LogP contribution is -2.47. The van der Waals surface area contributed by atoms with E-state index in [4.69, 9.17) is 9.47 Å². The molecule has 0 spiro atoms. The number of hydrogen-bond donors (Lipinski definition) is 1. The highest BCUT2D eigenvalue weighted by Crippen LogP contribution is 2.29. The summed E-state index contributed by atoms with van der Waals surface area (Å²) in [6.07, 6.45) is 6.90. The van der Waals surface area contributed by atoms with Gasteiger partial charge in [-0.3, -0.25) is 4.79 Å². The molecule has 3 rings (SSSR count). The van der Waals surface area contributed by atoms with Crippen LogP contribution in [-0.4, -0.2) is 50.5 Å². The quantitative estimate of drug-likeness (QED) is 0.221. The van der Waals surface area contributed by atoms with Crippen molar-refractivity contribution in [3.63, 3.8) is 0 Å². The summed E-state index contributed by atoms with van der Waals surface area (Å²) in [5.74, 6) is -0.336. The first-order valence-electron chi connectivity index (χ1n) is 14.5. The lowest BCUT2D eigenvalue weighted by atomic mass is 9.92. The number of methoxy groups -OCH3 is 1. The van der Waals surface area contributed by atoms with Crippen LogP contribution in [0.2, 0.25) is 0 Å². The van der Waals surface area contributed by atoms with Crippen LogP contribution in [0.1, 0.15) is 85.1 Å². The molecule has 1 heterocycles. The van der Waals surface area contributed by atoms with Gasteiger partial charge in [-0.2, -0.15) is 5.26 Å². The minimum absolute atomic E-state index is 0.151. The van der Waals surface area contributed by atoms with Gasteiger partial charge in [0.05, 0.1) is 5.60 Å². The molecule has 0 bridgehead atoms. The molecular weight excluding hydrogens is 486 g/mol. The summed E-state index contributed by atoms with van der Waals surface area (Å²) >= 11 is 0. The van der Waals surface area contributed by atoms with Crippen molar-refractivity contribution in [1.82, 2.24) is 5.32 Å². The van der Waals surface area contributed by atoms with E-state index >= 15 is 0 Å². The van der Waals surface area contributed by atoms with Crippen LogP contribution >= 0.6 is 0 Å². The molecule has 1 fully saturated rings. The average molecular weight is 534 g/mol. The zero-order valence-corrected chi connectivity index (χ0v) is 24.9. The van der Waals surface area contributed by atoms with Gasteiger partial charge in [0.2, 0.25) is 0 Å². The molecule has 6 heteroatoms. The summed E-state index contributed by atoms with van der Waals surface area (Å²) in [6, 6.07) is 14.9. The molecule has 0 aliphatic carbocycles. The predicted octanol–water partition coefficient (Wildman–Crippen LogP) is 7.02. The highest BCUT2D eigenvalue weighted by Gasteiger charge is 2.29. The first-order chi connectivity index (χ1) is 18.7. The van der Waals surface area contributed by atoms with Crippen LogP contribution in [0, 0.1) is 11.3 Å². The van der Waals surface area contributed by atoms with Crippen LogP contribution in [0.5, 0.6) is 0 Å². The smallest absolute Gasteiger partial charge is 0.262 e. The second kappa shape index (κ2) is 14.0. The summed E-state index contributed by atoms with van der Waals surface area (Å²) in [7, 11) is 1.70. The molecular formula is C33H47N3O3. The number of fused-ring (bicyclic) bond motifs is 1. The third kappa shape index (κ3) is 8.06. The van der Waals surface area contributed by atoms with Crippen LogP contribution in [0.15, 0.2) is 42.0 Å². The molecule has 212 valence electrons. The number of ether oxygens (including phenoxy) is 2. The van der Waals surface area contributed by atoms with Crippen molar-refractivity contribution in [1.29, 1.82) is 5.26 Å². The Labute approximate surface area is 235 Å². The van der Waals surface area contributed by atoms with Crippen molar-refractivity contribution in [2.24, 2.45) is 0 Å². The van der Waals surface area contributed by atoms with Crippen LogP contribution in [-0.2, 0) is 14.3 Å². The maximum absolute atomic E-state index is 13.4. The van der Waals surface area contributed by atoms with E-state index in [1.54, 1.807) is 7.11 Å². The monoisotopic (exact) mass is 533 g/mol. The van der Waals surface area contributed by atoms with E-state index in [2.05, 4.69) is 60.5 Å². The number of carbonyl (C=O) groups is 1. The van der Waals surface area contributed by atoms with Crippen LogP contribution in [0.25, 0.3) is 16.3 Å². The Kier molecular flexibility index (Phi) is 11.0. The molecule has 1 aliphatic rings. The normalized spacial score (nSPS) is 17.6. The second-order valence-electron chi connectivity index (χ2n) is 11.4. The standard InChI is InChI=1S/C33H47N3O3/c1-7-32(4,16-21-39-33(5,8-2)17-20-38-6)35-31(37)30(24-34)25(3)26-12-13-28-23-29(15-14-27(28)22-26)36-18-10-9-11-19-36/h12-15,22-23H,7-11,16-21H2,1-6H3,(H,35,37). The van der Waals surface area contributed by atoms with Gasteiger partial charge >= 0.3 is 0 Å². The van der Waals surface area contributed by atoms with Gasteiger partial charge in [0, 0.05) is 44.6 Å². The molecule has 0 saturated carbocycles. The van der Waals surface area contributed by atoms with Crippen molar-refractivity contribution >= 4 is 27.9 Å². The molecule has 6 nitrogen and oxygen atoms in total. The predicted molar refractivity (Wildman–Crippen MR) is 161 cm³/mol. The molecule has 1 saturated heterocycles. The van der Waals surface area contributed by atoms with Gasteiger partial charge in [-0.15, -0.1) is 0 Å². The number of nitrogens with zero attached hydrogens (tertiary/aromatic N) is 2. The molecule has 1 N–H and O–H groups in total. The summed E-state index contributed by atoms with van der Waals surface area (Å²) in [5.41, 5.74) is 2.25. The van der Waals surface area contributed by atoms with E-state index in [1.165, 1.54) is 30.3 Å². The third-order valence-corrected chi connectivity index (χ3v) is 8.57. The van der Waals surface area contributed by atoms with Gasteiger partial charge in [-0.05, 0) is 106 Å². The Bertz CT molecular complexity index is 1190. The van der Waals surface area contributed by atoms with Crippen molar-refractivity contribution in [2.45, 2.75) is 90.7 Å². The van der Waals surface area contributed by atoms with E-state index in [9.17, 15) is 10.1 Å². The van der Waals surface area contributed by atoms with Gasteiger partial charge in [-0.25, -0.2) is 0 Å². The van der Waals surface area contributed by atoms with Crippen molar-refractivity contribution in [2.75, 3.05) is 38.3 Å². The van der Waals surface area contributed by atoms with Gasteiger partial charge in [0.25, 0.3) is 5.91 Å². The van der Waals surface area contributed by atoms with E-state index in [0.717, 1.165) is 43.3 Å².